The number of rotatable bonds is 4. The smallest absolute Gasteiger partial charge is 0.307 e. The second-order valence-electron chi connectivity index (χ2n) is 6.10. The number of hydrogen-bond acceptors (Lipinski definition) is 4. The summed E-state index contributed by atoms with van der Waals surface area (Å²) in [4.78, 5) is 24.1. The molecular weight excluding hydrogens is 336 g/mol. The van der Waals surface area contributed by atoms with Crippen molar-refractivity contribution in [1.82, 2.24) is 4.57 Å². The van der Waals surface area contributed by atoms with Gasteiger partial charge in [0.05, 0.1) is 10.2 Å². The molecule has 0 spiro atoms. The molecular formula is C19H20N2O3S. The van der Waals surface area contributed by atoms with Gasteiger partial charge in [0.15, 0.2) is 6.10 Å². The topological polar surface area (TPSA) is 60.3 Å². The largest absolute Gasteiger partial charge is 0.481 e. The third kappa shape index (κ3) is 3.58. The molecule has 0 fully saturated rings. The number of hydrogen-bond donors (Lipinski definition) is 1. The molecule has 3 rings (SSSR count). The average molecular weight is 356 g/mol. The number of carbonyl (C=O) groups excluding carboxylic acids is 1. The molecule has 5 nitrogen and oxygen atoms in total. The van der Waals surface area contributed by atoms with E-state index < -0.39 is 6.10 Å². The summed E-state index contributed by atoms with van der Waals surface area (Å²) in [6.07, 6.45) is -0.632. The van der Waals surface area contributed by atoms with Gasteiger partial charge in [-0.3, -0.25) is 9.59 Å². The van der Waals surface area contributed by atoms with Crippen molar-refractivity contribution in [1.29, 1.82) is 0 Å². The zero-order chi connectivity index (χ0) is 18.1. The van der Waals surface area contributed by atoms with Gasteiger partial charge >= 0.3 is 4.87 Å². The fourth-order valence-electron chi connectivity index (χ4n) is 2.50. The van der Waals surface area contributed by atoms with Crippen LogP contribution in [0.15, 0.2) is 41.2 Å². The van der Waals surface area contributed by atoms with Crippen molar-refractivity contribution in [2.24, 2.45) is 7.05 Å². The second-order valence-corrected chi connectivity index (χ2v) is 7.10. The Morgan fingerprint density at radius 3 is 2.64 bits per heavy atom. The highest BCUT2D eigenvalue weighted by Crippen LogP contribution is 2.22. The molecule has 2 aromatic carbocycles. The fourth-order valence-corrected chi connectivity index (χ4v) is 3.42. The Morgan fingerprint density at radius 1 is 1.16 bits per heavy atom. The van der Waals surface area contributed by atoms with E-state index in [1.54, 1.807) is 24.6 Å². The van der Waals surface area contributed by atoms with Crippen LogP contribution in [0.1, 0.15) is 18.1 Å². The number of aromatic nitrogens is 1. The summed E-state index contributed by atoms with van der Waals surface area (Å²) in [6, 6.07) is 11.2. The second kappa shape index (κ2) is 6.72. The van der Waals surface area contributed by atoms with Gasteiger partial charge in [-0.2, -0.15) is 0 Å². The van der Waals surface area contributed by atoms with Crippen LogP contribution in [0.2, 0.25) is 0 Å². The number of amides is 1. The first kappa shape index (κ1) is 17.2. The highest BCUT2D eigenvalue weighted by atomic mass is 32.1. The lowest BCUT2D eigenvalue weighted by Gasteiger charge is -2.15. The van der Waals surface area contributed by atoms with Gasteiger partial charge in [-0.15, -0.1) is 0 Å². The summed E-state index contributed by atoms with van der Waals surface area (Å²) in [7, 11) is 1.74. The van der Waals surface area contributed by atoms with Crippen molar-refractivity contribution < 1.29 is 9.53 Å². The third-order valence-electron chi connectivity index (χ3n) is 4.22. The number of nitrogens with one attached hydrogen (secondary N) is 1. The Labute approximate surface area is 149 Å². The average Bonchev–Trinajstić information content (AvgIpc) is 2.85. The van der Waals surface area contributed by atoms with E-state index in [1.807, 2.05) is 44.2 Å². The maximum absolute atomic E-state index is 12.4. The summed E-state index contributed by atoms with van der Waals surface area (Å²) in [6.45, 7) is 5.75. The van der Waals surface area contributed by atoms with E-state index in [4.69, 9.17) is 4.74 Å². The van der Waals surface area contributed by atoms with Gasteiger partial charge in [0.25, 0.3) is 5.91 Å². The number of aryl methyl sites for hydroxylation is 3. The zero-order valence-electron chi connectivity index (χ0n) is 14.6. The van der Waals surface area contributed by atoms with Crippen LogP contribution in [-0.2, 0) is 11.8 Å². The van der Waals surface area contributed by atoms with Gasteiger partial charge in [0.1, 0.15) is 5.75 Å². The summed E-state index contributed by atoms with van der Waals surface area (Å²) >= 11 is 1.16. The first-order chi connectivity index (χ1) is 11.8. The summed E-state index contributed by atoms with van der Waals surface area (Å²) in [5.74, 6) is 0.434. The van der Waals surface area contributed by atoms with Crippen LogP contribution in [0.25, 0.3) is 10.2 Å². The molecule has 130 valence electrons. The van der Waals surface area contributed by atoms with E-state index >= 15 is 0 Å². The van der Waals surface area contributed by atoms with Crippen molar-refractivity contribution in [3.05, 3.63) is 57.2 Å². The zero-order valence-corrected chi connectivity index (χ0v) is 15.4. The SMILES string of the molecule is Cc1ccc(O[C@@H](C)C(=O)Nc2ccc3c(c2)sc(=O)n3C)cc1C. The molecule has 0 aliphatic carbocycles. The molecule has 1 amide bonds. The Balaban J connectivity index is 1.72. The summed E-state index contributed by atoms with van der Waals surface area (Å²) in [5.41, 5.74) is 3.80. The normalized spacial score (nSPS) is 12.2. The Bertz CT molecular complexity index is 1000. The molecule has 0 saturated carbocycles. The van der Waals surface area contributed by atoms with Crippen LogP contribution < -0.4 is 14.9 Å². The predicted molar refractivity (Wildman–Crippen MR) is 102 cm³/mol. The van der Waals surface area contributed by atoms with E-state index in [-0.39, 0.29) is 10.8 Å². The summed E-state index contributed by atoms with van der Waals surface area (Å²) < 4.78 is 8.17. The highest BCUT2D eigenvalue weighted by Gasteiger charge is 2.16. The minimum atomic E-state index is -0.632. The fraction of sp³-hybridized carbons (Fsp3) is 0.263. The monoisotopic (exact) mass is 356 g/mol. The Morgan fingerprint density at radius 2 is 1.92 bits per heavy atom. The molecule has 25 heavy (non-hydrogen) atoms. The van der Waals surface area contributed by atoms with E-state index in [9.17, 15) is 9.59 Å². The molecule has 0 unspecified atom stereocenters. The molecule has 0 bridgehead atoms. The summed E-state index contributed by atoms with van der Waals surface area (Å²) in [5, 5.41) is 2.84. The maximum Gasteiger partial charge on any atom is 0.307 e. The minimum Gasteiger partial charge on any atom is -0.481 e. The number of carbonyl (C=O) groups is 1. The van der Waals surface area contributed by atoms with E-state index in [2.05, 4.69) is 5.32 Å². The first-order valence-electron chi connectivity index (χ1n) is 7.99. The molecule has 6 heteroatoms. The standard InChI is InChI=1S/C19H20N2O3S/c1-11-5-7-15(9-12(11)2)24-13(3)18(22)20-14-6-8-16-17(10-14)25-19(23)21(16)4/h5-10,13H,1-4H3,(H,20,22)/t13-/m0/s1. The van der Waals surface area contributed by atoms with Crippen LogP contribution >= 0.6 is 11.3 Å². The van der Waals surface area contributed by atoms with E-state index in [0.717, 1.165) is 27.1 Å². The number of thiazole rings is 1. The van der Waals surface area contributed by atoms with Crippen molar-refractivity contribution in [2.45, 2.75) is 26.9 Å². The van der Waals surface area contributed by atoms with E-state index in [0.29, 0.717) is 11.4 Å². The maximum atomic E-state index is 12.4. The molecule has 0 aliphatic heterocycles. The molecule has 1 heterocycles. The van der Waals surface area contributed by atoms with Gasteiger partial charge in [-0.25, -0.2) is 0 Å². The lowest BCUT2D eigenvalue weighted by Crippen LogP contribution is -2.30. The quantitative estimate of drug-likeness (QED) is 0.777. The van der Waals surface area contributed by atoms with E-state index in [1.165, 1.54) is 5.56 Å². The highest BCUT2D eigenvalue weighted by molar-refractivity contribution is 7.16. The van der Waals surface area contributed by atoms with Crippen LogP contribution in [0, 0.1) is 13.8 Å². The lowest BCUT2D eigenvalue weighted by atomic mass is 10.1. The lowest BCUT2D eigenvalue weighted by molar-refractivity contribution is -0.122. The molecule has 1 N–H and O–H groups in total. The van der Waals surface area contributed by atoms with Crippen LogP contribution in [0.4, 0.5) is 5.69 Å². The third-order valence-corrected chi connectivity index (χ3v) is 5.22. The molecule has 0 aliphatic rings. The Kier molecular flexibility index (Phi) is 4.63. The molecule has 0 saturated heterocycles. The van der Waals surface area contributed by atoms with Crippen LogP contribution in [-0.4, -0.2) is 16.6 Å². The number of fused-ring (bicyclic) bond motifs is 1. The van der Waals surface area contributed by atoms with Crippen molar-refractivity contribution in [3.63, 3.8) is 0 Å². The predicted octanol–water partition coefficient (Wildman–Crippen LogP) is 3.62. The Hall–Kier alpha value is -2.60. The number of ether oxygens (including phenoxy) is 1. The number of nitrogens with zero attached hydrogens (tertiary/aromatic N) is 1. The van der Waals surface area contributed by atoms with Crippen LogP contribution in [0.3, 0.4) is 0 Å². The number of anilines is 1. The number of benzene rings is 2. The van der Waals surface area contributed by atoms with Gasteiger partial charge in [-0.1, -0.05) is 17.4 Å². The van der Waals surface area contributed by atoms with Crippen molar-refractivity contribution >= 4 is 33.1 Å². The van der Waals surface area contributed by atoms with Gasteiger partial charge in [-0.05, 0) is 62.2 Å². The molecule has 3 aromatic rings. The first-order valence-corrected chi connectivity index (χ1v) is 8.81. The van der Waals surface area contributed by atoms with Gasteiger partial charge in [0.2, 0.25) is 0 Å². The molecule has 0 radical (unpaired) electrons. The van der Waals surface area contributed by atoms with Gasteiger partial charge < -0.3 is 14.6 Å². The minimum absolute atomic E-state index is 0.0232. The van der Waals surface area contributed by atoms with Crippen LogP contribution in [0.5, 0.6) is 5.75 Å². The van der Waals surface area contributed by atoms with Crippen molar-refractivity contribution in [2.75, 3.05) is 5.32 Å². The van der Waals surface area contributed by atoms with Crippen molar-refractivity contribution in [3.8, 4) is 5.75 Å². The molecule has 1 atom stereocenters. The molecule has 1 aromatic heterocycles. The van der Waals surface area contributed by atoms with Gasteiger partial charge in [0, 0.05) is 12.7 Å².